The average Bonchev–Trinajstić information content (AvgIpc) is 2.55. The second kappa shape index (κ2) is 6.51. The lowest BCUT2D eigenvalue weighted by Crippen LogP contribution is -2.39. The molecule has 1 aromatic rings. The molecule has 0 amide bonds. The highest BCUT2D eigenvalue weighted by Crippen LogP contribution is 2.22. The predicted molar refractivity (Wildman–Crippen MR) is 71.9 cm³/mol. The lowest BCUT2D eigenvalue weighted by molar-refractivity contribution is 0.260. The normalized spacial score (nSPS) is 13.3. The minimum atomic E-state index is 0. The molecule has 1 aromatic heterocycles. The maximum absolute atomic E-state index is 3.62. The van der Waals surface area contributed by atoms with Crippen LogP contribution in [0.5, 0.6) is 0 Å². The number of thiophene rings is 1. The largest absolute Gasteiger partial charge is 0.309 e. The Morgan fingerprint density at radius 2 is 2.07 bits per heavy atom. The van der Waals surface area contributed by atoms with Crippen LogP contribution in [-0.2, 0) is 6.54 Å². The summed E-state index contributed by atoms with van der Waals surface area (Å²) in [6.45, 7) is 10.1. The van der Waals surface area contributed by atoms with E-state index in [2.05, 4.69) is 50.5 Å². The molecule has 0 bridgehead atoms. The Morgan fingerprint density at radius 3 is 2.47 bits per heavy atom. The molecule has 0 saturated carbocycles. The fourth-order valence-electron chi connectivity index (χ4n) is 1.70. The fraction of sp³-hybridized carbons (Fsp3) is 0.667. The maximum Gasteiger partial charge on any atom is 0.0302 e. The van der Waals surface area contributed by atoms with E-state index in [1.807, 2.05) is 11.3 Å². The Balaban J connectivity index is 0.00000196. The molecule has 1 heterocycles. The van der Waals surface area contributed by atoms with Crippen LogP contribution in [0.25, 0.3) is 0 Å². The van der Waals surface area contributed by atoms with Crippen LogP contribution in [0.4, 0.5) is 0 Å². The van der Waals surface area contributed by atoms with Crippen LogP contribution in [0.2, 0.25) is 0 Å². The highest BCUT2D eigenvalue weighted by atomic mass is 35.5. The van der Waals surface area contributed by atoms with Gasteiger partial charge in [-0.2, -0.15) is 0 Å². The van der Waals surface area contributed by atoms with Crippen LogP contribution < -0.4 is 5.32 Å². The number of hydrogen-bond donors (Lipinski definition) is 1. The van der Waals surface area contributed by atoms with Gasteiger partial charge in [0.25, 0.3) is 0 Å². The van der Waals surface area contributed by atoms with Gasteiger partial charge in [-0.15, -0.1) is 23.7 Å². The van der Waals surface area contributed by atoms with E-state index < -0.39 is 0 Å². The van der Waals surface area contributed by atoms with Gasteiger partial charge in [-0.25, -0.2) is 0 Å². The summed E-state index contributed by atoms with van der Waals surface area (Å²) in [4.78, 5) is 1.42. The molecule has 0 aromatic carbocycles. The molecule has 15 heavy (non-hydrogen) atoms. The Morgan fingerprint density at radius 1 is 1.40 bits per heavy atom. The number of nitrogens with one attached hydrogen (secondary N) is 1. The Bertz CT molecular complexity index is 251. The summed E-state index contributed by atoms with van der Waals surface area (Å²) < 4.78 is 0. The third kappa shape index (κ3) is 5.01. The molecule has 1 unspecified atom stereocenters. The monoisotopic (exact) mass is 247 g/mol. The van der Waals surface area contributed by atoms with Crippen molar-refractivity contribution in [1.82, 2.24) is 5.32 Å². The zero-order chi connectivity index (χ0) is 10.6. The molecular formula is C12H22ClNS. The first-order chi connectivity index (χ1) is 6.54. The predicted octanol–water partition coefficient (Wildman–Crippen LogP) is 4.08. The molecule has 88 valence electrons. The van der Waals surface area contributed by atoms with Gasteiger partial charge in [0.1, 0.15) is 0 Å². The molecule has 0 aliphatic carbocycles. The highest BCUT2D eigenvalue weighted by molar-refractivity contribution is 7.09. The Hall–Kier alpha value is -0.0500. The van der Waals surface area contributed by atoms with Gasteiger partial charge >= 0.3 is 0 Å². The molecule has 1 rings (SSSR count). The van der Waals surface area contributed by atoms with Crippen molar-refractivity contribution in [2.45, 2.75) is 46.7 Å². The molecule has 3 heteroatoms. The molecule has 1 N–H and O–H groups in total. The topological polar surface area (TPSA) is 12.0 Å². The van der Waals surface area contributed by atoms with E-state index in [0.29, 0.717) is 11.5 Å². The quantitative estimate of drug-likeness (QED) is 0.845. The van der Waals surface area contributed by atoms with Crippen LogP contribution >= 0.6 is 23.7 Å². The summed E-state index contributed by atoms with van der Waals surface area (Å²) >= 11 is 1.82. The van der Waals surface area contributed by atoms with Crippen LogP contribution in [0.15, 0.2) is 17.5 Å². The van der Waals surface area contributed by atoms with E-state index in [1.54, 1.807) is 0 Å². The zero-order valence-corrected chi connectivity index (χ0v) is 11.7. The summed E-state index contributed by atoms with van der Waals surface area (Å²) in [6, 6.07) is 4.90. The van der Waals surface area contributed by atoms with Crippen LogP contribution in [-0.4, -0.2) is 6.04 Å². The molecule has 0 fully saturated rings. The molecule has 0 spiro atoms. The van der Waals surface area contributed by atoms with Gasteiger partial charge < -0.3 is 5.32 Å². The van der Waals surface area contributed by atoms with Gasteiger partial charge in [0.05, 0.1) is 0 Å². The van der Waals surface area contributed by atoms with Gasteiger partial charge in [0.15, 0.2) is 0 Å². The maximum atomic E-state index is 3.62. The van der Waals surface area contributed by atoms with Gasteiger partial charge in [-0.1, -0.05) is 33.8 Å². The van der Waals surface area contributed by atoms with E-state index in [1.165, 1.54) is 11.3 Å². The van der Waals surface area contributed by atoms with Crippen molar-refractivity contribution >= 4 is 23.7 Å². The van der Waals surface area contributed by atoms with Crippen molar-refractivity contribution in [3.63, 3.8) is 0 Å². The second-order valence-corrected chi connectivity index (χ2v) is 5.82. The Kier molecular flexibility index (Phi) is 6.49. The number of hydrogen-bond acceptors (Lipinski definition) is 2. The van der Waals surface area contributed by atoms with E-state index >= 15 is 0 Å². The van der Waals surface area contributed by atoms with Gasteiger partial charge in [0, 0.05) is 17.5 Å². The summed E-state index contributed by atoms with van der Waals surface area (Å²) in [5, 5.41) is 5.76. The molecule has 0 saturated heterocycles. The molecule has 0 aliphatic rings. The lowest BCUT2D eigenvalue weighted by Gasteiger charge is -2.30. The molecular weight excluding hydrogens is 226 g/mol. The van der Waals surface area contributed by atoms with Gasteiger partial charge in [-0.05, 0) is 23.3 Å². The summed E-state index contributed by atoms with van der Waals surface area (Å²) in [5.41, 5.74) is 0.353. The van der Waals surface area contributed by atoms with E-state index in [9.17, 15) is 0 Å². The van der Waals surface area contributed by atoms with Crippen LogP contribution in [0, 0.1) is 5.41 Å². The van der Waals surface area contributed by atoms with Gasteiger partial charge in [-0.3, -0.25) is 0 Å². The smallest absolute Gasteiger partial charge is 0.0302 e. The second-order valence-electron chi connectivity index (χ2n) is 4.79. The van der Waals surface area contributed by atoms with Crippen molar-refractivity contribution < 1.29 is 0 Å². The summed E-state index contributed by atoms with van der Waals surface area (Å²) in [6.07, 6.45) is 1.19. The molecule has 0 radical (unpaired) electrons. The van der Waals surface area contributed by atoms with Crippen LogP contribution in [0.3, 0.4) is 0 Å². The third-order valence-electron chi connectivity index (χ3n) is 2.56. The van der Waals surface area contributed by atoms with E-state index in [0.717, 1.165) is 6.54 Å². The first-order valence-corrected chi connectivity index (χ1v) is 6.17. The molecule has 1 nitrogen and oxygen atoms in total. The summed E-state index contributed by atoms with van der Waals surface area (Å²) in [5.74, 6) is 0. The zero-order valence-electron chi connectivity index (χ0n) is 10.0. The third-order valence-corrected chi connectivity index (χ3v) is 3.43. The first-order valence-electron chi connectivity index (χ1n) is 5.29. The average molecular weight is 248 g/mol. The minimum Gasteiger partial charge on any atom is -0.309 e. The van der Waals surface area contributed by atoms with Crippen molar-refractivity contribution in [2.75, 3.05) is 0 Å². The van der Waals surface area contributed by atoms with Crippen LogP contribution in [0.1, 0.15) is 39.0 Å². The minimum absolute atomic E-state index is 0. The van der Waals surface area contributed by atoms with E-state index in [4.69, 9.17) is 0 Å². The molecule has 1 atom stereocenters. The standard InChI is InChI=1S/C12H21NS.ClH/c1-5-11(12(2,3)4)13-9-10-7-6-8-14-10;/h6-8,11,13H,5,9H2,1-4H3;1H. The summed E-state index contributed by atoms with van der Waals surface area (Å²) in [7, 11) is 0. The van der Waals surface area contributed by atoms with Crippen molar-refractivity contribution in [3.8, 4) is 0 Å². The van der Waals surface area contributed by atoms with E-state index in [-0.39, 0.29) is 12.4 Å². The number of rotatable bonds is 4. The lowest BCUT2D eigenvalue weighted by atomic mass is 9.85. The van der Waals surface area contributed by atoms with Crippen molar-refractivity contribution in [3.05, 3.63) is 22.4 Å². The Labute approximate surface area is 104 Å². The number of halogens is 1. The highest BCUT2D eigenvalue weighted by Gasteiger charge is 2.21. The van der Waals surface area contributed by atoms with Crippen molar-refractivity contribution in [1.29, 1.82) is 0 Å². The fourth-order valence-corrected chi connectivity index (χ4v) is 2.36. The van der Waals surface area contributed by atoms with Gasteiger partial charge in [0.2, 0.25) is 0 Å². The van der Waals surface area contributed by atoms with Crippen molar-refractivity contribution in [2.24, 2.45) is 5.41 Å². The molecule has 0 aliphatic heterocycles. The first kappa shape index (κ1) is 14.9. The SMILES string of the molecule is CCC(NCc1cccs1)C(C)(C)C.Cl.